The van der Waals surface area contributed by atoms with Crippen molar-refractivity contribution in [2.45, 2.75) is 57.2 Å². The van der Waals surface area contributed by atoms with Gasteiger partial charge in [-0.25, -0.2) is 0 Å². The number of hydrogen-bond donors (Lipinski definition) is 0. The van der Waals surface area contributed by atoms with Crippen molar-refractivity contribution in [3.05, 3.63) is 28.2 Å². The van der Waals surface area contributed by atoms with Crippen LogP contribution in [0.5, 0.6) is 0 Å². The van der Waals surface area contributed by atoms with Gasteiger partial charge in [0.15, 0.2) is 5.82 Å². The van der Waals surface area contributed by atoms with Crippen LogP contribution in [-0.4, -0.2) is 52.2 Å². The average molecular weight is 411 g/mol. The topological polar surface area (TPSA) is 76.6 Å². The Morgan fingerprint density at radius 2 is 1.90 bits per heavy atom. The zero-order valence-corrected chi connectivity index (χ0v) is 15.7. The van der Waals surface area contributed by atoms with E-state index in [1.807, 2.05) is 4.90 Å². The third-order valence-corrected chi connectivity index (χ3v) is 5.89. The quantitative estimate of drug-likeness (QED) is 0.751. The number of morpholine rings is 1. The van der Waals surface area contributed by atoms with Crippen molar-refractivity contribution >= 4 is 17.6 Å². The van der Waals surface area contributed by atoms with Crippen molar-refractivity contribution in [1.29, 1.82) is 0 Å². The monoisotopic (exact) mass is 411 g/mol. The normalized spacial score (nSPS) is 26.7. The number of fused-ring (bicyclic) bond motifs is 3. The van der Waals surface area contributed by atoms with Gasteiger partial charge in [-0.05, 0) is 26.2 Å². The summed E-state index contributed by atoms with van der Waals surface area (Å²) in [5, 5.41) is 3.69. The predicted octanol–water partition coefficient (Wildman–Crippen LogP) is 2.38. The molecule has 5 heterocycles. The third-order valence-electron chi connectivity index (χ3n) is 5.89. The Morgan fingerprint density at radius 1 is 1.17 bits per heavy atom. The lowest BCUT2D eigenvalue weighted by molar-refractivity contribution is -0.150. The smallest absolute Gasteiger partial charge is 0.371 e. The average Bonchev–Trinajstić information content (AvgIpc) is 3.32. The van der Waals surface area contributed by atoms with Crippen LogP contribution >= 0.6 is 0 Å². The van der Waals surface area contributed by atoms with Crippen LogP contribution in [0.3, 0.4) is 0 Å². The second-order valence-corrected chi connectivity index (χ2v) is 7.75. The van der Waals surface area contributed by atoms with E-state index in [4.69, 9.17) is 9.26 Å². The van der Waals surface area contributed by atoms with E-state index < -0.39 is 12.2 Å². The zero-order chi connectivity index (χ0) is 20.3. The van der Waals surface area contributed by atoms with Gasteiger partial charge in [0.1, 0.15) is 18.1 Å². The minimum absolute atomic E-state index is 0.0236. The second kappa shape index (κ2) is 6.48. The number of ether oxygens (including phenoxy) is 1. The fourth-order valence-electron chi connectivity index (χ4n) is 4.53. The maximum Gasteiger partial charge on any atom is 0.409 e. The molecule has 0 radical (unpaired) electrons. The molecule has 2 saturated heterocycles. The Kier molecular flexibility index (Phi) is 4.12. The molecule has 2 unspecified atom stereocenters. The minimum atomic E-state index is -4.51. The van der Waals surface area contributed by atoms with E-state index in [0.29, 0.717) is 24.5 Å². The number of hydrogen-bond acceptors (Lipinski definition) is 7. The molecule has 2 bridgehead atoms. The van der Waals surface area contributed by atoms with Crippen LogP contribution in [0.15, 0.2) is 21.6 Å². The Morgan fingerprint density at radius 3 is 2.52 bits per heavy atom. The lowest BCUT2D eigenvalue weighted by atomic mass is 10.1. The van der Waals surface area contributed by atoms with Crippen LogP contribution in [0, 0.1) is 6.92 Å². The summed E-state index contributed by atoms with van der Waals surface area (Å²) >= 11 is 0. The Bertz CT molecular complexity index is 962. The van der Waals surface area contributed by atoms with E-state index in [1.54, 1.807) is 6.92 Å². The van der Waals surface area contributed by atoms with Crippen molar-refractivity contribution in [3.63, 3.8) is 0 Å². The molecule has 2 aromatic heterocycles. The van der Waals surface area contributed by atoms with Gasteiger partial charge < -0.3 is 14.2 Å². The third kappa shape index (κ3) is 2.98. The Hall–Kier alpha value is -2.56. The first-order valence-electron chi connectivity index (χ1n) is 9.61. The van der Waals surface area contributed by atoms with Gasteiger partial charge in [-0.3, -0.25) is 14.3 Å². The van der Waals surface area contributed by atoms with Crippen LogP contribution in [0.4, 0.5) is 30.8 Å². The number of nitrogens with zero attached hydrogens (tertiary/aromatic N) is 5. The van der Waals surface area contributed by atoms with Crippen LogP contribution in [0.1, 0.15) is 24.8 Å². The number of aromatic nitrogens is 3. The van der Waals surface area contributed by atoms with E-state index in [2.05, 4.69) is 10.1 Å². The molecule has 0 aromatic carbocycles. The summed E-state index contributed by atoms with van der Waals surface area (Å²) in [4.78, 5) is 20.5. The molecular weight excluding hydrogens is 391 g/mol. The molecule has 0 aliphatic carbocycles. The van der Waals surface area contributed by atoms with E-state index in [9.17, 15) is 18.0 Å². The van der Waals surface area contributed by atoms with Crippen LogP contribution in [-0.2, 0) is 11.3 Å². The summed E-state index contributed by atoms with van der Waals surface area (Å²) in [6.07, 6.45) is -1.59. The standard InChI is InChI=1S/C18H20F3N5O3/c1-10-15(24-8-11-2-3-12(9-24)29-11)22-17-25(16(10)27)6-4-13(18(19,20)21)26(17)14-5-7-28-23-14/h5,7,11-13H,2-4,6,8-9H2,1H3/t11?,12?,13-/m0/s1. The van der Waals surface area contributed by atoms with E-state index in [1.165, 1.54) is 16.9 Å². The summed E-state index contributed by atoms with van der Waals surface area (Å²) in [6.45, 7) is 2.75. The van der Waals surface area contributed by atoms with Gasteiger partial charge >= 0.3 is 6.18 Å². The number of rotatable bonds is 2. The predicted molar refractivity (Wildman–Crippen MR) is 96.4 cm³/mol. The summed E-state index contributed by atoms with van der Waals surface area (Å²) < 4.78 is 53.3. The van der Waals surface area contributed by atoms with E-state index in [0.717, 1.165) is 17.7 Å². The molecule has 0 saturated carbocycles. The van der Waals surface area contributed by atoms with Crippen molar-refractivity contribution in [1.82, 2.24) is 14.7 Å². The first-order valence-corrected chi connectivity index (χ1v) is 9.61. The number of anilines is 3. The van der Waals surface area contributed by atoms with Crippen molar-refractivity contribution in [3.8, 4) is 0 Å². The molecule has 0 amide bonds. The van der Waals surface area contributed by atoms with Gasteiger partial charge in [0, 0.05) is 25.7 Å². The number of halogens is 3. The Labute approximate surface area is 163 Å². The van der Waals surface area contributed by atoms with E-state index in [-0.39, 0.29) is 42.5 Å². The summed E-state index contributed by atoms with van der Waals surface area (Å²) in [7, 11) is 0. The SMILES string of the molecule is Cc1c(N2CC3CCC(C2)O3)nc2n(c1=O)CC[C@@H](C(F)(F)F)N2c1ccon1. The van der Waals surface area contributed by atoms with Gasteiger partial charge in [0.25, 0.3) is 5.56 Å². The molecule has 3 atom stereocenters. The summed E-state index contributed by atoms with van der Waals surface area (Å²) in [5.74, 6) is 0.333. The molecule has 156 valence electrons. The van der Waals surface area contributed by atoms with E-state index >= 15 is 0 Å². The van der Waals surface area contributed by atoms with Crippen LogP contribution in [0.2, 0.25) is 0 Å². The van der Waals surface area contributed by atoms with Gasteiger partial charge in [-0.15, -0.1) is 0 Å². The number of alkyl halides is 3. The molecule has 0 spiro atoms. The molecule has 8 nitrogen and oxygen atoms in total. The summed E-state index contributed by atoms with van der Waals surface area (Å²) in [6, 6.07) is -0.495. The maximum absolute atomic E-state index is 13.8. The lowest BCUT2D eigenvalue weighted by Crippen LogP contribution is -2.51. The second-order valence-electron chi connectivity index (χ2n) is 7.75. The van der Waals surface area contributed by atoms with Gasteiger partial charge in [-0.1, -0.05) is 5.16 Å². The van der Waals surface area contributed by atoms with Gasteiger partial charge in [-0.2, -0.15) is 18.2 Å². The molecule has 29 heavy (non-hydrogen) atoms. The molecule has 5 rings (SSSR count). The Balaban J connectivity index is 1.64. The largest absolute Gasteiger partial charge is 0.409 e. The zero-order valence-electron chi connectivity index (χ0n) is 15.7. The fraction of sp³-hybridized carbons (Fsp3) is 0.611. The molecule has 3 aliphatic heterocycles. The molecular formula is C18H20F3N5O3. The van der Waals surface area contributed by atoms with Crippen LogP contribution < -0.4 is 15.4 Å². The lowest BCUT2D eigenvalue weighted by Gasteiger charge is -2.39. The van der Waals surface area contributed by atoms with Crippen LogP contribution in [0.25, 0.3) is 0 Å². The minimum Gasteiger partial charge on any atom is -0.371 e. The van der Waals surface area contributed by atoms with Gasteiger partial charge in [0.05, 0.1) is 17.8 Å². The summed E-state index contributed by atoms with van der Waals surface area (Å²) in [5.41, 5.74) is 0.0959. The molecule has 0 N–H and O–H groups in total. The highest BCUT2D eigenvalue weighted by atomic mass is 19.4. The maximum atomic E-state index is 13.8. The fourth-order valence-corrected chi connectivity index (χ4v) is 4.53. The first-order chi connectivity index (χ1) is 13.8. The first kappa shape index (κ1) is 18.5. The van der Waals surface area contributed by atoms with Crippen molar-refractivity contribution in [2.75, 3.05) is 22.9 Å². The molecule has 3 aliphatic rings. The highest BCUT2D eigenvalue weighted by molar-refractivity contribution is 5.59. The van der Waals surface area contributed by atoms with Crippen molar-refractivity contribution in [2.24, 2.45) is 0 Å². The highest BCUT2D eigenvalue weighted by Gasteiger charge is 2.48. The molecule has 2 aromatic rings. The highest BCUT2D eigenvalue weighted by Crippen LogP contribution is 2.39. The van der Waals surface area contributed by atoms with Crippen molar-refractivity contribution < 1.29 is 22.4 Å². The molecule has 2 fully saturated rings. The molecule has 11 heteroatoms. The van der Waals surface area contributed by atoms with Gasteiger partial charge in [0.2, 0.25) is 5.95 Å².